The molecule has 3 rings (SSSR count). The first-order valence-corrected chi connectivity index (χ1v) is 11.1. The largest absolute Gasteiger partial charge is 0.416 e. The van der Waals surface area contributed by atoms with Gasteiger partial charge in [-0.2, -0.15) is 13.2 Å². The molecular weight excluding hydrogens is 450 g/mol. The predicted octanol–water partition coefficient (Wildman–Crippen LogP) is 4.44. The number of carbonyl (C=O) groups excluding carboxylic acids is 1. The lowest BCUT2D eigenvalue weighted by Gasteiger charge is -2.18. The Morgan fingerprint density at radius 2 is 1.88 bits per heavy atom. The van der Waals surface area contributed by atoms with Crippen molar-refractivity contribution in [2.45, 2.75) is 52.0 Å². The van der Waals surface area contributed by atoms with Gasteiger partial charge in [-0.05, 0) is 54.3 Å². The number of benzene rings is 2. The van der Waals surface area contributed by atoms with Gasteiger partial charge in [0.05, 0.1) is 11.7 Å². The molecule has 2 aromatic rings. The molecule has 0 aliphatic carbocycles. The number of aliphatic imine (C=N–C) groups is 1. The first kappa shape index (κ1) is 25.6. The number of nitrogens with zero attached hydrogens (tertiary/aromatic N) is 1. The molecule has 1 saturated heterocycles. The Morgan fingerprint density at radius 1 is 1.18 bits per heavy atom. The number of halogens is 4. The van der Waals surface area contributed by atoms with Crippen molar-refractivity contribution in [2.24, 2.45) is 10.9 Å². The van der Waals surface area contributed by atoms with Crippen LogP contribution in [0.2, 0.25) is 0 Å². The summed E-state index contributed by atoms with van der Waals surface area (Å²) >= 11 is 0. The van der Waals surface area contributed by atoms with Crippen molar-refractivity contribution in [1.29, 1.82) is 0 Å². The number of hydrogen-bond acceptors (Lipinski definition) is 4. The summed E-state index contributed by atoms with van der Waals surface area (Å²) in [5.74, 6) is -0.375. The standard InChI is InChI=1S/C24H29F4N5O/c1-4-14(2)13-29-23(31-22(34)16-7-9-18(10-8-16)24(26,27)28)30-21-12-20(32-33-21)17-6-5-15(3)19(25)11-17/h5-11,14,20-21,32-33H,4,12-13H2,1-3H3,(H2,29,30,31,34). The van der Waals surface area contributed by atoms with Crippen molar-refractivity contribution < 1.29 is 22.4 Å². The third-order valence-corrected chi connectivity index (χ3v) is 5.78. The molecule has 1 heterocycles. The van der Waals surface area contributed by atoms with Gasteiger partial charge in [-0.15, -0.1) is 0 Å². The van der Waals surface area contributed by atoms with Crippen LogP contribution in [0.3, 0.4) is 0 Å². The highest BCUT2D eigenvalue weighted by molar-refractivity contribution is 6.05. The van der Waals surface area contributed by atoms with E-state index in [1.54, 1.807) is 13.0 Å². The first-order chi connectivity index (χ1) is 16.1. The Labute approximate surface area is 196 Å². The van der Waals surface area contributed by atoms with E-state index < -0.39 is 17.6 Å². The van der Waals surface area contributed by atoms with Crippen LogP contribution in [0.15, 0.2) is 47.5 Å². The number of rotatable bonds is 6. The fourth-order valence-electron chi connectivity index (χ4n) is 3.35. The van der Waals surface area contributed by atoms with Crippen molar-refractivity contribution in [1.82, 2.24) is 21.5 Å². The van der Waals surface area contributed by atoms with E-state index in [9.17, 15) is 22.4 Å². The molecule has 4 N–H and O–H groups in total. The minimum absolute atomic E-state index is 0.0801. The van der Waals surface area contributed by atoms with Gasteiger partial charge in [0.15, 0.2) is 5.96 Å². The molecule has 1 aliphatic heterocycles. The topological polar surface area (TPSA) is 77.5 Å². The van der Waals surface area contributed by atoms with Gasteiger partial charge in [0.25, 0.3) is 5.91 Å². The molecule has 184 valence electrons. The molecular formula is C24H29F4N5O. The van der Waals surface area contributed by atoms with E-state index in [1.807, 2.05) is 19.9 Å². The van der Waals surface area contributed by atoms with Crippen LogP contribution in [0.1, 0.15) is 59.8 Å². The lowest BCUT2D eigenvalue weighted by molar-refractivity contribution is -0.137. The van der Waals surface area contributed by atoms with Crippen LogP contribution in [0, 0.1) is 18.7 Å². The van der Waals surface area contributed by atoms with Crippen LogP contribution in [-0.4, -0.2) is 24.6 Å². The third-order valence-electron chi connectivity index (χ3n) is 5.78. The van der Waals surface area contributed by atoms with Crippen molar-refractivity contribution >= 4 is 11.9 Å². The van der Waals surface area contributed by atoms with E-state index >= 15 is 0 Å². The molecule has 0 spiro atoms. The van der Waals surface area contributed by atoms with Gasteiger partial charge in [0.1, 0.15) is 5.82 Å². The number of aryl methyl sites for hydroxylation is 1. The molecule has 34 heavy (non-hydrogen) atoms. The molecule has 0 saturated carbocycles. The molecule has 6 nitrogen and oxygen atoms in total. The van der Waals surface area contributed by atoms with Gasteiger partial charge in [-0.1, -0.05) is 32.4 Å². The molecule has 2 aromatic carbocycles. The van der Waals surface area contributed by atoms with E-state index in [1.165, 1.54) is 6.07 Å². The van der Waals surface area contributed by atoms with Crippen molar-refractivity contribution in [3.63, 3.8) is 0 Å². The second kappa shape index (κ2) is 11.0. The summed E-state index contributed by atoms with van der Waals surface area (Å²) in [6.45, 7) is 6.21. The Kier molecular flexibility index (Phi) is 8.27. The number of guanidine groups is 1. The SMILES string of the molecule is CCC(C)CN=C(NC(=O)c1ccc(C(F)(F)F)cc1)NC1CC(c2ccc(C)c(F)c2)NN1. The minimum Gasteiger partial charge on any atom is -0.339 e. The number of nitrogens with one attached hydrogen (secondary N) is 4. The van der Waals surface area contributed by atoms with Crippen LogP contribution >= 0.6 is 0 Å². The van der Waals surface area contributed by atoms with E-state index in [4.69, 9.17) is 0 Å². The van der Waals surface area contributed by atoms with E-state index in [0.29, 0.717) is 18.5 Å². The summed E-state index contributed by atoms with van der Waals surface area (Å²) < 4.78 is 52.4. The van der Waals surface area contributed by atoms with Gasteiger partial charge in [0.2, 0.25) is 0 Å². The quantitative estimate of drug-likeness (QED) is 0.281. The van der Waals surface area contributed by atoms with Crippen LogP contribution in [-0.2, 0) is 6.18 Å². The summed E-state index contributed by atoms with van der Waals surface area (Å²) in [6, 6.07) is 8.89. The van der Waals surface area contributed by atoms with Crippen LogP contribution < -0.4 is 21.5 Å². The zero-order valence-electron chi connectivity index (χ0n) is 19.3. The lowest BCUT2D eigenvalue weighted by Crippen LogP contribution is -2.50. The van der Waals surface area contributed by atoms with Gasteiger partial charge in [-0.25, -0.2) is 15.2 Å². The molecule has 3 unspecified atom stereocenters. The molecule has 1 fully saturated rings. The van der Waals surface area contributed by atoms with Crippen molar-refractivity contribution in [3.8, 4) is 0 Å². The molecule has 0 radical (unpaired) electrons. The molecule has 3 atom stereocenters. The molecule has 1 amide bonds. The summed E-state index contributed by atoms with van der Waals surface area (Å²) in [4.78, 5) is 17.1. The maximum Gasteiger partial charge on any atom is 0.416 e. The summed E-state index contributed by atoms with van der Waals surface area (Å²) in [5, 5.41) is 5.79. The van der Waals surface area contributed by atoms with E-state index in [2.05, 4.69) is 26.5 Å². The van der Waals surface area contributed by atoms with Crippen LogP contribution in [0.25, 0.3) is 0 Å². The molecule has 0 bridgehead atoms. The predicted molar refractivity (Wildman–Crippen MR) is 122 cm³/mol. The van der Waals surface area contributed by atoms with Crippen LogP contribution in [0.4, 0.5) is 17.6 Å². The highest BCUT2D eigenvalue weighted by Gasteiger charge is 2.30. The highest BCUT2D eigenvalue weighted by atomic mass is 19.4. The number of amides is 1. The average molecular weight is 480 g/mol. The van der Waals surface area contributed by atoms with Crippen molar-refractivity contribution in [2.75, 3.05) is 6.54 Å². The van der Waals surface area contributed by atoms with Crippen molar-refractivity contribution in [3.05, 3.63) is 70.5 Å². The summed E-state index contributed by atoms with van der Waals surface area (Å²) in [6.07, 6.45) is -3.36. The summed E-state index contributed by atoms with van der Waals surface area (Å²) in [7, 11) is 0. The number of alkyl halides is 3. The maximum absolute atomic E-state index is 14.0. The Hall–Kier alpha value is -2.98. The monoisotopic (exact) mass is 479 g/mol. The number of carbonyl (C=O) groups is 1. The second-order valence-corrected chi connectivity index (χ2v) is 8.51. The third kappa shape index (κ3) is 6.77. The second-order valence-electron chi connectivity index (χ2n) is 8.51. The summed E-state index contributed by atoms with van der Waals surface area (Å²) in [5.41, 5.74) is 6.77. The zero-order valence-corrected chi connectivity index (χ0v) is 19.3. The Balaban J connectivity index is 1.68. The maximum atomic E-state index is 14.0. The zero-order chi connectivity index (χ0) is 24.9. The number of hydrazine groups is 1. The normalized spacial score (nSPS) is 19.7. The Bertz CT molecular complexity index is 1020. The molecule has 10 heteroatoms. The lowest BCUT2D eigenvalue weighted by atomic mass is 10.0. The Morgan fingerprint density at radius 3 is 2.50 bits per heavy atom. The number of hydrogen-bond donors (Lipinski definition) is 4. The van der Waals surface area contributed by atoms with Gasteiger partial charge < -0.3 is 5.32 Å². The van der Waals surface area contributed by atoms with E-state index in [-0.39, 0.29) is 35.5 Å². The highest BCUT2D eigenvalue weighted by Crippen LogP contribution is 2.29. The minimum atomic E-state index is -4.47. The van der Waals surface area contributed by atoms with E-state index in [0.717, 1.165) is 36.2 Å². The fourth-order valence-corrected chi connectivity index (χ4v) is 3.35. The first-order valence-electron chi connectivity index (χ1n) is 11.1. The van der Waals surface area contributed by atoms with Gasteiger partial charge in [-0.3, -0.25) is 15.1 Å². The molecule has 0 aromatic heterocycles. The van der Waals surface area contributed by atoms with Gasteiger partial charge >= 0.3 is 6.18 Å². The smallest absolute Gasteiger partial charge is 0.339 e. The van der Waals surface area contributed by atoms with Gasteiger partial charge in [0, 0.05) is 24.6 Å². The molecule has 1 aliphatic rings. The van der Waals surface area contributed by atoms with Crippen LogP contribution in [0.5, 0.6) is 0 Å². The fraction of sp³-hybridized carbons (Fsp3) is 0.417. The average Bonchev–Trinajstić information content (AvgIpc) is 3.27.